The van der Waals surface area contributed by atoms with Crippen molar-refractivity contribution < 1.29 is 14.3 Å². The maximum absolute atomic E-state index is 12.5. The molecule has 29 heavy (non-hydrogen) atoms. The van der Waals surface area contributed by atoms with Crippen molar-refractivity contribution in [3.8, 4) is 17.6 Å². The van der Waals surface area contributed by atoms with E-state index in [9.17, 15) is 10.1 Å². The highest BCUT2D eigenvalue weighted by atomic mass is 16.5. The van der Waals surface area contributed by atoms with Gasteiger partial charge in [-0.1, -0.05) is 18.2 Å². The third-order valence-electron chi connectivity index (χ3n) is 4.75. The van der Waals surface area contributed by atoms with Crippen molar-refractivity contribution in [1.82, 2.24) is 4.90 Å². The largest absolute Gasteiger partial charge is 0.493 e. The minimum Gasteiger partial charge on any atom is -0.493 e. The van der Waals surface area contributed by atoms with Gasteiger partial charge < -0.3 is 24.6 Å². The molecular weight excluding hydrogens is 368 g/mol. The maximum Gasteiger partial charge on any atom is 0.267 e. The predicted molar refractivity (Wildman–Crippen MR) is 112 cm³/mol. The summed E-state index contributed by atoms with van der Waals surface area (Å²) in [7, 11) is 3.07. The molecule has 1 amide bonds. The Bertz CT molecular complexity index is 913. The van der Waals surface area contributed by atoms with E-state index in [0.29, 0.717) is 17.2 Å². The highest BCUT2D eigenvalue weighted by Gasteiger charge is 2.18. The van der Waals surface area contributed by atoms with E-state index >= 15 is 0 Å². The van der Waals surface area contributed by atoms with E-state index in [1.165, 1.54) is 12.8 Å². The molecule has 1 saturated heterocycles. The molecule has 150 valence electrons. The number of carbonyl (C=O) groups is 1. The van der Waals surface area contributed by atoms with Crippen LogP contribution in [0.3, 0.4) is 0 Å². The molecule has 7 nitrogen and oxygen atoms in total. The number of rotatable bonds is 6. The number of nitrogens with one attached hydrogen (secondary N) is 1. The lowest BCUT2D eigenvalue weighted by molar-refractivity contribution is -0.112. The van der Waals surface area contributed by atoms with Crippen LogP contribution in [0.25, 0.3) is 0 Å². The van der Waals surface area contributed by atoms with Gasteiger partial charge in [-0.05, 0) is 24.3 Å². The molecule has 1 fully saturated rings. The van der Waals surface area contributed by atoms with Crippen LogP contribution in [-0.4, -0.2) is 51.2 Å². The first-order valence-electron chi connectivity index (χ1n) is 9.34. The number of nitriles is 1. The summed E-state index contributed by atoms with van der Waals surface area (Å²) in [5.41, 5.74) is 1.78. The zero-order valence-corrected chi connectivity index (χ0v) is 16.6. The Kier molecular flexibility index (Phi) is 6.59. The van der Waals surface area contributed by atoms with Crippen LogP contribution in [0.15, 0.2) is 60.3 Å². The minimum atomic E-state index is -0.454. The monoisotopic (exact) mass is 392 g/mol. The zero-order chi connectivity index (χ0) is 20.6. The summed E-state index contributed by atoms with van der Waals surface area (Å²) in [6, 6.07) is 17.3. The Morgan fingerprint density at radius 2 is 1.72 bits per heavy atom. The van der Waals surface area contributed by atoms with Crippen molar-refractivity contribution >= 4 is 17.3 Å². The van der Waals surface area contributed by atoms with Gasteiger partial charge in [-0.25, -0.2) is 0 Å². The highest BCUT2D eigenvalue weighted by Crippen LogP contribution is 2.29. The van der Waals surface area contributed by atoms with Gasteiger partial charge in [0.05, 0.1) is 14.2 Å². The van der Waals surface area contributed by atoms with Crippen LogP contribution in [0.5, 0.6) is 11.5 Å². The van der Waals surface area contributed by atoms with Crippen LogP contribution < -0.4 is 19.7 Å². The van der Waals surface area contributed by atoms with Crippen LogP contribution >= 0.6 is 0 Å². The molecule has 7 heteroatoms. The number of hydrogen-bond donors (Lipinski definition) is 1. The van der Waals surface area contributed by atoms with Crippen molar-refractivity contribution in [3.63, 3.8) is 0 Å². The van der Waals surface area contributed by atoms with E-state index in [1.54, 1.807) is 31.5 Å². The van der Waals surface area contributed by atoms with Gasteiger partial charge in [0.2, 0.25) is 0 Å². The number of amides is 1. The SMILES string of the molecule is COc1ccc(NC(=O)/C(C#N)=C\N2CCN(c3ccccc3)CC2)cc1OC. The summed E-state index contributed by atoms with van der Waals surface area (Å²) in [6.07, 6.45) is 1.64. The van der Waals surface area contributed by atoms with E-state index in [2.05, 4.69) is 22.3 Å². The van der Waals surface area contributed by atoms with E-state index in [1.807, 2.05) is 29.2 Å². The van der Waals surface area contributed by atoms with E-state index < -0.39 is 5.91 Å². The summed E-state index contributed by atoms with van der Waals surface area (Å²) in [6.45, 7) is 3.14. The average Bonchev–Trinajstić information content (AvgIpc) is 2.78. The number of anilines is 2. The minimum absolute atomic E-state index is 0.0629. The molecule has 0 radical (unpaired) electrons. The number of benzene rings is 2. The first-order chi connectivity index (χ1) is 14.1. The van der Waals surface area contributed by atoms with Crippen molar-refractivity contribution in [2.75, 3.05) is 50.6 Å². The number of carbonyl (C=O) groups excluding carboxylic acids is 1. The number of piperazine rings is 1. The fourth-order valence-electron chi connectivity index (χ4n) is 3.18. The van der Waals surface area contributed by atoms with Gasteiger partial charge in [-0.15, -0.1) is 0 Å². The van der Waals surface area contributed by atoms with Gasteiger partial charge in [-0.3, -0.25) is 4.79 Å². The van der Waals surface area contributed by atoms with Gasteiger partial charge >= 0.3 is 0 Å². The third-order valence-corrected chi connectivity index (χ3v) is 4.75. The zero-order valence-electron chi connectivity index (χ0n) is 16.6. The molecule has 0 saturated carbocycles. The molecule has 2 aromatic carbocycles. The Morgan fingerprint density at radius 1 is 1.03 bits per heavy atom. The molecule has 0 unspecified atom stereocenters. The second-order valence-corrected chi connectivity index (χ2v) is 6.54. The Hall–Kier alpha value is -3.66. The molecule has 0 aliphatic carbocycles. The van der Waals surface area contributed by atoms with E-state index in [4.69, 9.17) is 9.47 Å². The summed E-state index contributed by atoms with van der Waals surface area (Å²) >= 11 is 0. The molecule has 2 aromatic rings. The fraction of sp³-hybridized carbons (Fsp3) is 0.273. The molecule has 1 aliphatic heterocycles. The molecule has 0 bridgehead atoms. The molecule has 3 rings (SSSR count). The fourth-order valence-corrected chi connectivity index (χ4v) is 3.18. The smallest absolute Gasteiger partial charge is 0.267 e. The lowest BCUT2D eigenvalue weighted by atomic mass is 10.2. The molecule has 1 N–H and O–H groups in total. The Balaban J connectivity index is 1.63. The van der Waals surface area contributed by atoms with Crippen LogP contribution in [0.1, 0.15) is 0 Å². The third kappa shape index (κ3) is 4.99. The highest BCUT2D eigenvalue weighted by molar-refractivity contribution is 6.06. The summed E-state index contributed by atoms with van der Waals surface area (Å²) in [5.74, 6) is 0.618. The van der Waals surface area contributed by atoms with Crippen LogP contribution in [0.4, 0.5) is 11.4 Å². The normalized spacial score (nSPS) is 14.2. The van der Waals surface area contributed by atoms with Gasteiger partial charge in [0.25, 0.3) is 5.91 Å². The second kappa shape index (κ2) is 9.51. The lowest BCUT2D eigenvalue weighted by Gasteiger charge is -2.35. The first-order valence-corrected chi connectivity index (χ1v) is 9.34. The molecule has 1 heterocycles. The Morgan fingerprint density at radius 3 is 2.34 bits per heavy atom. The summed E-state index contributed by atoms with van der Waals surface area (Å²) in [5, 5.41) is 12.2. The first kappa shape index (κ1) is 20.1. The molecule has 0 aromatic heterocycles. The average molecular weight is 392 g/mol. The van der Waals surface area contributed by atoms with Crippen molar-refractivity contribution in [3.05, 3.63) is 60.3 Å². The maximum atomic E-state index is 12.5. The van der Waals surface area contributed by atoms with E-state index in [0.717, 1.165) is 26.2 Å². The van der Waals surface area contributed by atoms with Crippen LogP contribution in [0, 0.1) is 11.3 Å². The standard InChI is InChI=1S/C22H24N4O3/c1-28-20-9-8-18(14-21(20)29-2)24-22(27)17(15-23)16-25-10-12-26(13-11-25)19-6-4-3-5-7-19/h3-9,14,16H,10-13H2,1-2H3,(H,24,27)/b17-16-. The molecule has 1 aliphatic rings. The molecule has 0 atom stereocenters. The van der Waals surface area contributed by atoms with Crippen LogP contribution in [-0.2, 0) is 4.79 Å². The number of hydrogen-bond acceptors (Lipinski definition) is 6. The lowest BCUT2D eigenvalue weighted by Crippen LogP contribution is -2.44. The van der Waals surface area contributed by atoms with Crippen molar-refractivity contribution in [1.29, 1.82) is 5.26 Å². The topological polar surface area (TPSA) is 77.8 Å². The summed E-state index contributed by atoms with van der Waals surface area (Å²) < 4.78 is 10.4. The summed E-state index contributed by atoms with van der Waals surface area (Å²) in [4.78, 5) is 16.8. The number of ether oxygens (including phenoxy) is 2. The van der Waals surface area contributed by atoms with Crippen LogP contribution in [0.2, 0.25) is 0 Å². The molecule has 0 spiro atoms. The van der Waals surface area contributed by atoms with Gasteiger partial charge in [0.15, 0.2) is 11.5 Å². The molecular formula is C22H24N4O3. The quantitative estimate of drug-likeness (QED) is 0.602. The predicted octanol–water partition coefficient (Wildman–Crippen LogP) is 2.87. The van der Waals surface area contributed by atoms with E-state index in [-0.39, 0.29) is 5.57 Å². The second-order valence-electron chi connectivity index (χ2n) is 6.54. The van der Waals surface area contributed by atoms with Gasteiger partial charge in [0, 0.05) is 49.8 Å². The van der Waals surface area contributed by atoms with Gasteiger partial charge in [0.1, 0.15) is 11.6 Å². The number of para-hydroxylation sites is 1. The van der Waals surface area contributed by atoms with Crippen molar-refractivity contribution in [2.45, 2.75) is 0 Å². The Labute approximate surface area is 170 Å². The number of methoxy groups -OCH3 is 2. The van der Waals surface area contributed by atoms with Gasteiger partial charge in [-0.2, -0.15) is 5.26 Å². The number of nitrogens with zero attached hydrogens (tertiary/aromatic N) is 3. The van der Waals surface area contributed by atoms with Crippen molar-refractivity contribution in [2.24, 2.45) is 0 Å².